The highest BCUT2D eigenvalue weighted by atomic mass is 32.1. The first-order valence-electron chi connectivity index (χ1n) is 14.0. The van der Waals surface area contributed by atoms with E-state index in [1.54, 1.807) is 7.11 Å². The third-order valence-electron chi connectivity index (χ3n) is 7.53. The maximum absolute atomic E-state index is 14.1. The van der Waals surface area contributed by atoms with Gasteiger partial charge in [-0.1, -0.05) is 54.6 Å². The molecule has 0 radical (unpaired) electrons. The molecule has 9 nitrogen and oxygen atoms in total. The van der Waals surface area contributed by atoms with Crippen molar-refractivity contribution in [2.75, 3.05) is 12.8 Å². The van der Waals surface area contributed by atoms with Gasteiger partial charge in [0.05, 0.1) is 18.5 Å². The number of ether oxygens (including phenoxy) is 2. The van der Waals surface area contributed by atoms with Crippen molar-refractivity contribution in [3.63, 3.8) is 0 Å². The van der Waals surface area contributed by atoms with E-state index in [-0.39, 0.29) is 21.9 Å². The average molecular weight is 656 g/mol. The quantitative estimate of drug-likeness (QED) is 0.134. The highest BCUT2D eigenvalue weighted by Gasteiger charge is 2.38. The molecule has 47 heavy (non-hydrogen) atoms. The summed E-state index contributed by atoms with van der Waals surface area (Å²) in [7, 11) is 1.57. The average Bonchev–Trinajstić information content (AvgIpc) is 3.62. The predicted molar refractivity (Wildman–Crippen MR) is 169 cm³/mol. The van der Waals surface area contributed by atoms with Gasteiger partial charge < -0.3 is 20.3 Å². The number of pyridine rings is 1. The summed E-state index contributed by atoms with van der Waals surface area (Å²) in [5.41, 5.74) is 9.62. The van der Waals surface area contributed by atoms with E-state index in [9.17, 15) is 23.1 Å². The standard InChI is InChI=1S/C34H21F3N4O5S/c1-44-21-13-9-19(10-14-21)25-17-26(24-8-4-6-18-5-2-3-7-23(18)24)39-32-27(25)28(38)31(47-32)30(42)29-33(43)46-40-41(29)20-11-15-22(16-12-20)45-34(35,36)37/h2-17H,1H3,(H2-,38,40,42,43)/p+1. The highest BCUT2D eigenvalue weighted by molar-refractivity contribution is 7.21. The molecule has 3 heterocycles. The van der Waals surface area contributed by atoms with E-state index in [0.717, 1.165) is 55.6 Å². The molecule has 0 amide bonds. The van der Waals surface area contributed by atoms with Crippen LogP contribution in [0, 0.1) is 0 Å². The SMILES string of the molecule is COc1ccc(-c2cc(-c3cccc4ccccc34)nc3sc(C(=O)c4c(O)on[n+]4-c4ccc(OC(F)(F)F)cc4)c(N)c23)cc1. The zero-order valence-corrected chi connectivity index (χ0v) is 25.1. The summed E-state index contributed by atoms with van der Waals surface area (Å²) in [6.45, 7) is 0. The minimum absolute atomic E-state index is 0.0570. The predicted octanol–water partition coefficient (Wildman–Crippen LogP) is 7.47. The minimum Gasteiger partial charge on any atom is -0.497 e. The second-order valence-electron chi connectivity index (χ2n) is 10.3. The normalized spacial score (nSPS) is 11.7. The van der Waals surface area contributed by atoms with Crippen molar-refractivity contribution in [1.82, 2.24) is 10.3 Å². The second-order valence-corrected chi connectivity index (χ2v) is 11.3. The van der Waals surface area contributed by atoms with Crippen LogP contribution in [0.3, 0.4) is 0 Å². The number of rotatable bonds is 7. The molecular formula is C34H22F3N4O5S+. The van der Waals surface area contributed by atoms with Crippen LogP contribution in [0.4, 0.5) is 18.9 Å². The van der Waals surface area contributed by atoms with Crippen molar-refractivity contribution in [2.45, 2.75) is 6.36 Å². The smallest absolute Gasteiger partial charge is 0.497 e. The number of alkyl halides is 3. The summed E-state index contributed by atoms with van der Waals surface area (Å²) >= 11 is 1.03. The van der Waals surface area contributed by atoms with Gasteiger partial charge >= 0.3 is 18.0 Å². The maximum atomic E-state index is 14.1. The third-order valence-corrected chi connectivity index (χ3v) is 8.62. The van der Waals surface area contributed by atoms with Gasteiger partial charge in [0.2, 0.25) is 11.0 Å². The molecule has 0 saturated carbocycles. The molecule has 0 spiro atoms. The number of benzene rings is 4. The second kappa shape index (κ2) is 11.4. The molecule has 13 heteroatoms. The van der Waals surface area contributed by atoms with Crippen molar-refractivity contribution in [1.29, 1.82) is 0 Å². The van der Waals surface area contributed by atoms with E-state index in [2.05, 4.69) is 10.0 Å². The molecule has 0 saturated heterocycles. The Hall–Kier alpha value is -5.95. The van der Waals surface area contributed by atoms with Crippen LogP contribution < -0.4 is 19.9 Å². The molecule has 0 aliphatic heterocycles. The van der Waals surface area contributed by atoms with Gasteiger partial charge in [0, 0.05) is 27.8 Å². The third kappa shape index (κ3) is 5.46. The number of anilines is 1. The molecule has 3 N–H and O–H groups in total. The summed E-state index contributed by atoms with van der Waals surface area (Å²) in [6.07, 6.45) is -4.88. The lowest BCUT2D eigenvalue weighted by Crippen LogP contribution is -2.38. The number of carbonyl (C=O) groups is 1. The molecule has 234 valence electrons. The van der Waals surface area contributed by atoms with Gasteiger partial charge in [0.1, 0.15) is 21.2 Å². The van der Waals surface area contributed by atoms with Crippen LogP contribution in [0.2, 0.25) is 0 Å². The Kier molecular flexibility index (Phi) is 7.24. The zero-order chi connectivity index (χ0) is 32.9. The van der Waals surface area contributed by atoms with Gasteiger partial charge in [-0.15, -0.1) is 24.5 Å². The number of nitrogens with two attached hydrogens (primary N) is 1. The number of nitrogens with zero attached hydrogens (tertiary/aromatic N) is 3. The van der Waals surface area contributed by atoms with Crippen molar-refractivity contribution in [2.24, 2.45) is 0 Å². The number of aromatic nitrogens is 3. The lowest BCUT2D eigenvalue weighted by molar-refractivity contribution is -0.672. The molecule has 4 aromatic carbocycles. The molecule has 0 aliphatic rings. The fourth-order valence-electron chi connectivity index (χ4n) is 5.39. The van der Waals surface area contributed by atoms with E-state index in [1.165, 1.54) is 12.1 Å². The van der Waals surface area contributed by atoms with Crippen molar-refractivity contribution >= 4 is 43.8 Å². The van der Waals surface area contributed by atoms with Crippen molar-refractivity contribution in [3.05, 3.63) is 108 Å². The number of methoxy groups -OCH3 is 1. The number of hydrogen-bond acceptors (Lipinski definition) is 9. The number of thiophene rings is 1. The van der Waals surface area contributed by atoms with Gasteiger partial charge in [0.15, 0.2) is 0 Å². The van der Waals surface area contributed by atoms with Crippen LogP contribution in [0.1, 0.15) is 15.4 Å². The number of ketones is 1. The Balaban J connectivity index is 1.38. The van der Waals surface area contributed by atoms with Gasteiger partial charge in [-0.2, -0.15) is 0 Å². The molecular weight excluding hydrogens is 633 g/mol. The van der Waals surface area contributed by atoms with E-state index in [4.69, 9.17) is 20.0 Å². The summed E-state index contributed by atoms with van der Waals surface area (Å²) in [6, 6.07) is 27.7. The number of carbonyl (C=O) groups excluding carboxylic acids is 1. The Bertz CT molecular complexity index is 2290. The first kappa shape index (κ1) is 29.7. The summed E-state index contributed by atoms with van der Waals surface area (Å²) in [5.74, 6) is -1.35. The number of halogens is 3. The molecule has 7 aromatic rings. The molecule has 0 atom stereocenters. The fraction of sp³-hybridized carbons (Fsp3) is 0.0588. The van der Waals surface area contributed by atoms with Crippen LogP contribution >= 0.6 is 11.3 Å². The van der Waals surface area contributed by atoms with Crippen LogP contribution in [-0.4, -0.2) is 34.6 Å². The maximum Gasteiger partial charge on any atom is 0.573 e. The Morgan fingerprint density at radius 1 is 0.936 bits per heavy atom. The highest BCUT2D eigenvalue weighted by Crippen LogP contribution is 2.43. The number of aromatic hydroxyl groups is 1. The summed E-state index contributed by atoms with van der Waals surface area (Å²) in [5, 5.41) is 16.8. The summed E-state index contributed by atoms with van der Waals surface area (Å²) < 4.78 is 53.1. The first-order chi connectivity index (χ1) is 22.6. The van der Waals surface area contributed by atoms with E-state index < -0.39 is 23.8 Å². The molecule has 0 unspecified atom stereocenters. The van der Waals surface area contributed by atoms with Gasteiger partial charge in [-0.3, -0.25) is 9.32 Å². The van der Waals surface area contributed by atoms with E-state index in [0.29, 0.717) is 21.7 Å². The Morgan fingerprint density at radius 3 is 2.36 bits per heavy atom. The van der Waals surface area contributed by atoms with Gasteiger partial charge in [-0.25, -0.2) is 4.98 Å². The van der Waals surface area contributed by atoms with Crippen LogP contribution in [-0.2, 0) is 0 Å². The number of fused-ring (bicyclic) bond motifs is 2. The molecule has 7 rings (SSSR count). The Morgan fingerprint density at radius 2 is 1.64 bits per heavy atom. The largest absolute Gasteiger partial charge is 0.573 e. The minimum atomic E-state index is -4.88. The summed E-state index contributed by atoms with van der Waals surface area (Å²) in [4.78, 5) is 19.5. The van der Waals surface area contributed by atoms with Crippen LogP contribution in [0.5, 0.6) is 17.4 Å². The number of nitrogen functional groups attached to an aromatic ring is 1. The molecule has 0 fully saturated rings. The van der Waals surface area contributed by atoms with Gasteiger partial charge in [-0.05, 0) is 52.2 Å². The monoisotopic (exact) mass is 655 g/mol. The topological polar surface area (TPSA) is 125 Å². The van der Waals surface area contributed by atoms with Crippen molar-refractivity contribution < 1.29 is 41.8 Å². The molecule has 0 bridgehead atoms. The van der Waals surface area contributed by atoms with E-state index in [1.807, 2.05) is 72.8 Å². The number of hydrogen-bond donors (Lipinski definition) is 2. The van der Waals surface area contributed by atoms with Crippen molar-refractivity contribution in [3.8, 4) is 45.5 Å². The lowest BCUT2D eigenvalue weighted by Gasteiger charge is -2.11. The van der Waals surface area contributed by atoms with Crippen LogP contribution in [0.25, 0.3) is 49.1 Å². The zero-order valence-electron chi connectivity index (χ0n) is 24.3. The molecule has 3 aromatic heterocycles. The lowest BCUT2D eigenvalue weighted by atomic mass is 9.97. The molecule has 0 aliphatic carbocycles. The fourth-order valence-corrected chi connectivity index (χ4v) is 6.46. The van der Waals surface area contributed by atoms with E-state index >= 15 is 0 Å². The van der Waals surface area contributed by atoms with Crippen LogP contribution in [0.15, 0.2) is 102 Å². The van der Waals surface area contributed by atoms with Gasteiger partial charge in [0.25, 0.3) is 5.78 Å². The first-order valence-corrected chi connectivity index (χ1v) is 14.8. The Labute approximate surface area is 267 Å².